The smallest absolute Gasteiger partial charge is 0.414 e. The number of ether oxygens (including phenoxy) is 2. The number of Topliss-reactive ketones (excluding diaryl/α,β-unsaturated/α-hetero) is 1. The lowest BCUT2D eigenvalue weighted by atomic mass is 9.44. The zero-order valence-electron chi connectivity index (χ0n) is 30.5. The number of piperidine rings is 1. The third kappa shape index (κ3) is 6.58. The first-order valence-electron chi connectivity index (χ1n) is 17.6. The average Bonchev–Trinajstić information content (AvgIpc) is 3.34. The molecule has 3 aliphatic carbocycles. The summed E-state index contributed by atoms with van der Waals surface area (Å²) < 4.78 is 19.3. The van der Waals surface area contributed by atoms with E-state index >= 15 is 0 Å². The van der Waals surface area contributed by atoms with Crippen molar-refractivity contribution in [2.24, 2.45) is 45.8 Å². The predicted octanol–water partition coefficient (Wildman–Crippen LogP) is 7.07. The van der Waals surface area contributed by atoms with Crippen LogP contribution < -0.4 is 5.32 Å². The van der Waals surface area contributed by atoms with Crippen LogP contribution in [0.15, 0.2) is 0 Å². The fourth-order valence-electron chi connectivity index (χ4n) is 9.56. The molecule has 0 aromatic heterocycles. The highest BCUT2D eigenvalue weighted by atomic mass is 28.4. The Morgan fingerprint density at radius 3 is 2.33 bits per heavy atom. The number of hydrogen-bond donors (Lipinski definition) is 1. The lowest BCUT2D eigenvalue weighted by molar-refractivity contribution is -0.192. The Balaban J connectivity index is 1.69. The molecule has 4 aliphatic rings. The second-order valence-electron chi connectivity index (χ2n) is 17.6. The molecule has 258 valence electrons. The van der Waals surface area contributed by atoms with E-state index in [0.717, 1.165) is 38.6 Å². The zero-order chi connectivity index (χ0) is 33.8. The minimum atomic E-state index is -2.02. The van der Waals surface area contributed by atoms with E-state index in [2.05, 4.69) is 78.7 Å². The van der Waals surface area contributed by atoms with Crippen molar-refractivity contribution >= 4 is 26.1 Å². The van der Waals surface area contributed by atoms with Gasteiger partial charge in [-0.25, -0.2) is 4.79 Å². The molecule has 1 aliphatic heterocycles. The Labute approximate surface area is 274 Å². The first-order valence-corrected chi connectivity index (χ1v) is 20.6. The van der Waals surface area contributed by atoms with Gasteiger partial charge in [0.1, 0.15) is 11.9 Å². The lowest BCUT2D eigenvalue weighted by Gasteiger charge is -2.61. The van der Waals surface area contributed by atoms with Crippen LogP contribution in [0.1, 0.15) is 100 Å². The molecule has 9 heteroatoms. The van der Waals surface area contributed by atoms with Crippen LogP contribution in [0.5, 0.6) is 0 Å². The molecule has 10 atom stereocenters. The molecule has 8 nitrogen and oxygen atoms in total. The number of amides is 2. The number of ketones is 1. The van der Waals surface area contributed by atoms with Crippen molar-refractivity contribution in [2.75, 3.05) is 33.9 Å². The maximum absolute atomic E-state index is 14.8. The van der Waals surface area contributed by atoms with Gasteiger partial charge in [0.25, 0.3) is 0 Å². The van der Waals surface area contributed by atoms with Crippen molar-refractivity contribution in [3.05, 3.63) is 0 Å². The van der Waals surface area contributed by atoms with Gasteiger partial charge < -0.3 is 18.8 Å². The zero-order valence-corrected chi connectivity index (χ0v) is 31.5. The first kappa shape index (κ1) is 36.5. The molecule has 0 aromatic carbocycles. The van der Waals surface area contributed by atoms with E-state index in [1.54, 1.807) is 7.11 Å². The van der Waals surface area contributed by atoms with Crippen LogP contribution in [0.4, 0.5) is 4.79 Å². The van der Waals surface area contributed by atoms with E-state index in [1.807, 2.05) is 7.05 Å². The molecular formula is C36H64N2O6Si. The Morgan fingerprint density at radius 2 is 1.71 bits per heavy atom. The maximum Gasteiger partial charge on any atom is 0.414 e. The second-order valence-corrected chi connectivity index (χ2v) is 22.4. The Morgan fingerprint density at radius 1 is 1.07 bits per heavy atom. The molecule has 4 rings (SSSR count). The molecule has 0 radical (unpaired) electrons. The van der Waals surface area contributed by atoms with Gasteiger partial charge in [-0.15, -0.1) is 0 Å². The van der Waals surface area contributed by atoms with Crippen LogP contribution >= 0.6 is 0 Å². The SMILES string of the molecule is COC1CCC23CC[C@@H](C)[C@](C)(C12)[C@H](OC(=O)NC(=O)[C@H]1CN(C)CC[C@@H]1C)C[C@@](C)(CCO[Si](C)(C)C(C)(C)C)C(=O)[C@@H]3C. The molecule has 3 unspecified atom stereocenters. The van der Waals surface area contributed by atoms with Gasteiger partial charge in [0.15, 0.2) is 8.32 Å². The molecule has 1 N–H and O–H groups in total. The normalized spacial score (nSPS) is 41.2. The second kappa shape index (κ2) is 13.0. The van der Waals surface area contributed by atoms with E-state index in [0.29, 0.717) is 26.0 Å². The third-order valence-electron chi connectivity index (χ3n) is 14.0. The Bertz CT molecular complexity index is 1120. The van der Waals surface area contributed by atoms with Gasteiger partial charge >= 0.3 is 6.09 Å². The summed E-state index contributed by atoms with van der Waals surface area (Å²) in [6, 6.07) is 0. The summed E-state index contributed by atoms with van der Waals surface area (Å²) in [5.74, 6) is 0.102. The number of nitrogens with one attached hydrogen (secondary N) is 1. The molecule has 2 amide bonds. The minimum Gasteiger partial charge on any atom is -0.445 e. The van der Waals surface area contributed by atoms with Gasteiger partial charge in [0.05, 0.1) is 12.0 Å². The number of rotatable bonds is 7. The molecule has 2 bridgehead atoms. The van der Waals surface area contributed by atoms with Crippen LogP contribution in [0.25, 0.3) is 0 Å². The van der Waals surface area contributed by atoms with Gasteiger partial charge in [0, 0.05) is 42.9 Å². The lowest BCUT2D eigenvalue weighted by Crippen LogP contribution is -2.63. The van der Waals surface area contributed by atoms with Crippen molar-refractivity contribution in [3.8, 4) is 0 Å². The summed E-state index contributed by atoms with van der Waals surface area (Å²) in [6.07, 6.45) is 4.43. The quantitative estimate of drug-likeness (QED) is 0.295. The summed E-state index contributed by atoms with van der Waals surface area (Å²) >= 11 is 0. The molecule has 1 saturated heterocycles. The largest absolute Gasteiger partial charge is 0.445 e. The Hall–Kier alpha value is -1.29. The molecule has 45 heavy (non-hydrogen) atoms. The maximum atomic E-state index is 14.8. The van der Waals surface area contributed by atoms with E-state index in [1.165, 1.54) is 0 Å². The van der Waals surface area contributed by atoms with Crippen molar-refractivity contribution < 1.29 is 28.3 Å². The third-order valence-corrected chi connectivity index (χ3v) is 18.6. The number of likely N-dealkylation sites (tertiary alicyclic amines) is 1. The number of imide groups is 1. The van der Waals surface area contributed by atoms with Crippen molar-refractivity contribution in [1.29, 1.82) is 0 Å². The number of carbonyl (C=O) groups excluding carboxylic acids is 3. The first-order chi connectivity index (χ1) is 20.7. The monoisotopic (exact) mass is 648 g/mol. The van der Waals surface area contributed by atoms with Gasteiger partial charge in [-0.2, -0.15) is 0 Å². The van der Waals surface area contributed by atoms with Crippen LogP contribution in [-0.4, -0.2) is 77.1 Å². The summed E-state index contributed by atoms with van der Waals surface area (Å²) in [7, 11) is 1.77. The highest BCUT2D eigenvalue weighted by Crippen LogP contribution is 2.69. The van der Waals surface area contributed by atoms with E-state index in [-0.39, 0.29) is 57.8 Å². The van der Waals surface area contributed by atoms with E-state index in [9.17, 15) is 14.4 Å². The highest BCUT2D eigenvalue weighted by molar-refractivity contribution is 6.74. The van der Waals surface area contributed by atoms with Crippen molar-refractivity contribution in [1.82, 2.24) is 10.2 Å². The summed E-state index contributed by atoms with van der Waals surface area (Å²) in [5.41, 5.74) is -1.37. The fraction of sp³-hybridized carbons (Fsp3) is 0.917. The Kier molecular flexibility index (Phi) is 10.5. The van der Waals surface area contributed by atoms with Crippen LogP contribution in [-0.2, 0) is 23.5 Å². The molecule has 1 heterocycles. The topological polar surface area (TPSA) is 94.2 Å². The molecular weight excluding hydrogens is 584 g/mol. The van der Waals surface area contributed by atoms with Gasteiger partial charge in [-0.1, -0.05) is 55.4 Å². The standard InChI is InChI=1S/C36H64N2O6Si/c1-23-15-19-38(9)22-26(23)31(40)37-32(41)44-28-21-34(7,18-20-43-45(11,12)33(4,5)6)30(39)25(3)36-16-13-24(2)35(28,8)29(36)27(42-10)14-17-36/h23-29H,13-22H2,1-12H3,(H,37,40,41)/t23-,24+,25-,26-,27?,28+,29?,34+,35-,36?/m0/s1. The molecule has 0 spiro atoms. The highest BCUT2D eigenvalue weighted by Gasteiger charge is 2.68. The number of methoxy groups -OCH3 is 1. The van der Waals surface area contributed by atoms with Crippen LogP contribution in [0, 0.1) is 45.8 Å². The fourth-order valence-corrected chi connectivity index (χ4v) is 10.6. The predicted molar refractivity (Wildman–Crippen MR) is 180 cm³/mol. The van der Waals surface area contributed by atoms with Crippen LogP contribution in [0.2, 0.25) is 18.1 Å². The minimum absolute atomic E-state index is 0.00584. The van der Waals surface area contributed by atoms with Gasteiger partial charge in [-0.05, 0) is 93.9 Å². The van der Waals surface area contributed by atoms with Crippen molar-refractivity contribution in [3.63, 3.8) is 0 Å². The summed E-state index contributed by atoms with van der Waals surface area (Å²) in [5, 5.41) is 2.71. The number of alkyl carbamates (subject to hydrolysis) is 1. The summed E-state index contributed by atoms with van der Waals surface area (Å²) in [6.45, 7) is 24.1. The molecule has 4 fully saturated rings. The van der Waals surface area contributed by atoms with E-state index < -0.39 is 31.3 Å². The van der Waals surface area contributed by atoms with Gasteiger partial charge in [0.2, 0.25) is 5.91 Å². The van der Waals surface area contributed by atoms with Crippen LogP contribution in [0.3, 0.4) is 0 Å². The van der Waals surface area contributed by atoms with E-state index in [4.69, 9.17) is 13.9 Å². The molecule has 0 aromatic rings. The molecule has 3 saturated carbocycles. The van der Waals surface area contributed by atoms with Gasteiger partial charge in [-0.3, -0.25) is 14.9 Å². The van der Waals surface area contributed by atoms with Crippen molar-refractivity contribution in [2.45, 2.75) is 131 Å². The number of nitrogens with zero attached hydrogens (tertiary/aromatic N) is 1. The number of carbonyl (C=O) groups is 3. The average molecular weight is 649 g/mol. The number of hydrogen-bond acceptors (Lipinski definition) is 7. The summed E-state index contributed by atoms with van der Waals surface area (Å²) in [4.78, 5) is 44.0.